The van der Waals surface area contributed by atoms with Crippen molar-refractivity contribution in [3.05, 3.63) is 70.8 Å². The first-order valence-corrected chi connectivity index (χ1v) is 8.07. The molecule has 2 aromatic carbocycles. The van der Waals surface area contributed by atoms with Gasteiger partial charge in [-0.25, -0.2) is 4.79 Å². The largest absolute Gasteiger partial charge is 0.453 e. The third-order valence-corrected chi connectivity index (χ3v) is 4.16. The van der Waals surface area contributed by atoms with Crippen LogP contribution in [0.3, 0.4) is 0 Å². The van der Waals surface area contributed by atoms with Crippen LogP contribution in [0, 0.1) is 0 Å². The summed E-state index contributed by atoms with van der Waals surface area (Å²) in [5, 5.41) is 2.70. The van der Waals surface area contributed by atoms with Crippen molar-refractivity contribution in [2.24, 2.45) is 0 Å². The number of benzene rings is 2. The highest BCUT2D eigenvalue weighted by Crippen LogP contribution is 2.32. The summed E-state index contributed by atoms with van der Waals surface area (Å²) < 4.78 is 42.7. The molecule has 4 nitrogen and oxygen atoms in total. The fourth-order valence-electron chi connectivity index (χ4n) is 2.82. The number of alkyl halides is 3. The Morgan fingerprint density at radius 1 is 1.08 bits per heavy atom. The zero-order chi connectivity index (χ0) is 18.7. The molecule has 26 heavy (non-hydrogen) atoms. The predicted octanol–water partition coefficient (Wildman–Crippen LogP) is 3.67. The molecule has 2 aromatic rings. The lowest BCUT2D eigenvalue weighted by molar-refractivity contribution is -0.137. The van der Waals surface area contributed by atoms with Crippen molar-refractivity contribution >= 4 is 11.9 Å². The summed E-state index contributed by atoms with van der Waals surface area (Å²) >= 11 is 0. The van der Waals surface area contributed by atoms with Crippen LogP contribution in [-0.4, -0.2) is 18.4 Å². The number of fused-ring (bicyclic) bond motifs is 1. The molecule has 0 aromatic heterocycles. The van der Waals surface area contributed by atoms with E-state index in [2.05, 4.69) is 5.32 Å². The molecule has 3 rings (SSSR count). The van der Waals surface area contributed by atoms with Crippen LogP contribution in [0.25, 0.3) is 0 Å². The van der Waals surface area contributed by atoms with Gasteiger partial charge in [-0.05, 0) is 30.2 Å². The first-order chi connectivity index (χ1) is 12.3. The highest BCUT2D eigenvalue weighted by Gasteiger charge is 2.32. The average Bonchev–Trinajstić information content (AvgIpc) is 2.91. The maximum atomic E-state index is 12.5. The standard InChI is InChI=1S/C19H16F3NO3/c20-19(21,22)13-7-5-12(6-8-13)9-10-23-17(24)11-16-14-3-1-2-4-15(14)18(25)26-16/h1-8,16H,9-11H2,(H,23,24)/t16-/m0/s1. The summed E-state index contributed by atoms with van der Waals surface area (Å²) in [5.41, 5.74) is 1.15. The molecule has 7 heteroatoms. The molecular formula is C19H16F3NO3. The molecular weight excluding hydrogens is 347 g/mol. The van der Waals surface area contributed by atoms with Gasteiger partial charge in [-0.2, -0.15) is 13.2 Å². The van der Waals surface area contributed by atoms with Gasteiger partial charge in [0.1, 0.15) is 6.10 Å². The summed E-state index contributed by atoms with van der Waals surface area (Å²) in [7, 11) is 0. The second kappa shape index (κ2) is 7.19. The van der Waals surface area contributed by atoms with Crippen molar-refractivity contribution in [3.8, 4) is 0 Å². The van der Waals surface area contributed by atoms with Crippen LogP contribution in [0.2, 0.25) is 0 Å². The van der Waals surface area contributed by atoms with Crippen LogP contribution in [0.5, 0.6) is 0 Å². The minimum atomic E-state index is -4.36. The van der Waals surface area contributed by atoms with Crippen molar-refractivity contribution in [1.29, 1.82) is 0 Å². The van der Waals surface area contributed by atoms with Gasteiger partial charge in [0.15, 0.2) is 0 Å². The molecule has 0 unspecified atom stereocenters. The highest BCUT2D eigenvalue weighted by molar-refractivity contribution is 5.94. The number of nitrogens with one attached hydrogen (secondary N) is 1. The Labute approximate surface area is 148 Å². The Kier molecular flexibility index (Phi) is 4.97. The van der Waals surface area contributed by atoms with Crippen LogP contribution in [0.4, 0.5) is 13.2 Å². The Morgan fingerprint density at radius 2 is 1.77 bits per heavy atom. The lowest BCUT2D eigenvalue weighted by Crippen LogP contribution is -2.27. The van der Waals surface area contributed by atoms with Gasteiger partial charge in [-0.1, -0.05) is 30.3 Å². The molecule has 1 aliphatic rings. The van der Waals surface area contributed by atoms with Gasteiger partial charge in [-0.3, -0.25) is 4.79 Å². The number of carbonyl (C=O) groups is 2. The van der Waals surface area contributed by atoms with Gasteiger partial charge in [0, 0.05) is 12.1 Å². The molecule has 1 atom stereocenters. The molecule has 0 bridgehead atoms. The number of hydrogen-bond donors (Lipinski definition) is 1. The van der Waals surface area contributed by atoms with Gasteiger partial charge < -0.3 is 10.1 Å². The number of rotatable bonds is 5. The van der Waals surface area contributed by atoms with E-state index in [4.69, 9.17) is 4.74 Å². The quantitative estimate of drug-likeness (QED) is 0.825. The predicted molar refractivity (Wildman–Crippen MR) is 87.4 cm³/mol. The summed E-state index contributed by atoms with van der Waals surface area (Å²) in [4.78, 5) is 23.8. The van der Waals surface area contributed by atoms with Crippen LogP contribution in [-0.2, 0) is 22.1 Å². The number of carbonyl (C=O) groups excluding carboxylic acids is 2. The Hall–Kier alpha value is -2.83. The zero-order valence-corrected chi connectivity index (χ0v) is 13.7. The van der Waals surface area contributed by atoms with E-state index in [1.807, 2.05) is 0 Å². The average molecular weight is 363 g/mol. The van der Waals surface area contributed by atoms with E-state index in [1.165, 1.54) is 12.1 Å². The lowest BCUT2D eigenvalue weighted by atomic mass is 10.0. The lowest BCUT2D eigenvalue weighted by Gasteiger charge is -2.11. The van der Waals surface area contributed by atoms with Crippen molar-refractivity contribution in [2.75, 3.05) is 6.54 Å². The number of amides is 1. The maximum Gasteiger partial charge on any atom is 0.416 e. The van der Waals surface area contributed by atoms with E-state index >= 15 is 0 Å². The third kappa shape index (κ3) is 4.04. The molecule has 1 amide bonds. The fraction of sp³-hybridized carbons (Fsp3) is 0.263. The smallest absolute Gasteiger partial charge is 0.416 e. The van der Waals surface area contributed by atoms with Crippen LogP contribution >= 0.6 is 0 Å². The molecule has 0 radical (unpaired) electrons. The number of ether oxygens (including phenoxy) is 1. The van der Waals surface area contributed by atoms with Gasteiger partial charge in [-0.15, -0.1) is 0 Å². The van der Waals surface area contributed by atoms with Gasteiger partial charge in [0.05, 0.1) is 17.5 Å². The van der Waals surface area contributed by atoms with Gasteiger partial charge >= 0.3 is 12.1 Å². The van der Waals surface area contributed by atoms with Crippen molar-refractivity contribution < 1.29 is 27.5 Å². The van der Waals surface area contributed by atoms with E-state index in [1.54, 1.807) is 24.3 Å². The highest BCUT2D eigenvalue weighted by atomic mass is 19.4. The van der Waals surface area contributed by atoms with Gasteiger partial charge in [0.25, 0.3) is 0 Å². The number of halogens is 3. The second-order valence-corrected chi connectivity index (χ2v) is 5.98. The summed E-state index contributed by atoms with van der Waals surface area (Å²) in [5.74, 6) is -0.727. The minimum Gasteiger partial charge on any atom is -0.453 e. The van der Waals surface area contributed by atoms with Crippen LogP contribution < -0.4 is 5.32 Å². The van der Waals surface area contributed by atoms with Gasteiger partial charge in [0.2, 0.25) is 5.91 Å². The Bertz CT molecular complexity index is 816. The first kappa shape index (κ1) is 18.0. The molecule has 0 saturated carbocycles. The van der Waals surface area contributed by atoms with Crippen molar-refractivity contribution in [3.63, 3.8) is 0 Å². The molecule has 0 spiro atoms. The molecule has 1 aliphatic heterocycles. The first-order valence-electron chi connectivity index (χ1n) is 8.07. The van der Waals surface area contributed by atoms with Crippen molar-refractivity contribution in [1.82, 2.24) is 5.32 Å². The van der Waals surface area contributed by atoms with E-state index < -0.39 is 23.8 Å². The molecule has 0 fully saturated rings. The maximum absolute atomic E-state index is 12.5. The number of esters is 1. The second-order valence-electron chi connectivity index (χ2n) is 5.98. The van der Waals surface area contributed by atoms with E-state index in [0.29, 0.717) is 23.1 Å². The molecule has 1 heterocycles. The zero-order valence-electron chi connectivity index (χ0n) is 13.7. The number of hydrogen-bond acceptors (Lipinski definition) is 3. The van der Waals surface area contributed by atoms with E-state index in [0.717, 1.165) is 12.1 Å². The Balaban J connectivity index is 1.49. The molecule has 0 aliphatic carbocycles. The number of cyclic esters (lactones) is 1. The SMILES string of the molecule is O=C(C[C@@H]1OC(=O)c2ccccc21)NCCc1ccc(C(F)(F)F)cc1. The van der Waals surface area contributed by atoms with E-state index in [9.17, 15) is 22.8 Å². The van der Waals surface area contributed by atoms with Crippen LogP contribution in [0.1, 0.15) is 39.6 Å². The topological polar surface area (TPSA) is 55.4 Å². The normalized spacial score (nSPS) is 16.1. The molecule has 0 saturated heterocycles. The molecule has 136 valence electrons. The fourth-order valence-corrected chi connectivity index (χ4v) is 2.82. The minimum absolute atomic E-state index is 0.00969. The third-order valence-electron chi connectivity index (χ3n) is 4.16. The molecule has 1 N–H and O–H groups in total. The summed E-state index contributed by atoms with van der Waals surface area (Å²) in [6, 6.07) is 11.7. The van der Waals surface area contributed by atoms with Crippen molar-refractivity contribution in [2.45, 2.75) is 25.1 Å². The summed E-state index contributed by atoms with van der Waals surface area (Å²) in [6.45, 7) is 0.284. The van der Waals surface area contributed by atoms with Crippen LogP contribution in [0.15, 0.2) is 48.5 Å². The Morgan fingerprint density at radius 3 is 2.46 bits per heavy atom. The monoisotopic (exact) mass is 363 g/mol. The summed E-state index contributed by atoms with van der Waals surface area (Å²) in [6.07, 6.45) is -4.55. The van der Waals surface area contributed by atoms with E-state index in [-0.39, 0.29) is 18.9 Å².